The van der Waals surface area contributed by atoms with Gasteiger partial charge in [0.05, 0.1) is 11.0 Å². The Hall–Kier alpha value is -2.60. The Morgan fingerprint density at radius 2 is 1.61 bits per heavy atom. The van der Waals surface area contributed by atoms with E-state index in [-0.39, 0.29) is 35.7 Å². The molecular weight excluding hydrogens is 652 g/mol. The maximum atomic E-state index is 16.6. The van der Waals surface area contributed by atoms with Crippen molar-refractivity contribution in [1.82, 2.24) is 9.21 Å². The molecule has 0 spiro atoms. The van der Waals surface area contributed by atoms with Crippen molar-refractivity contribution in [3.8, 4) is 5.75 Å². The zero-order valence-electron chi connectivity index (χ0n) is 24.7. The predicted octanol–water partition coefficient (Wildman–Crippen LogP) is 6.58. The van der Waals surface area contributed by atoms with Crippen LogP contribution in [0.2, 0.25) is 0 Å². The molecule has 11 heteroatoms. The number of benzene rings is 3. The average molecular weight is 691 g/mol. The number of sulfonamides is 1. The van der Waals surface area contributed by atoms with E-state index in [2.05, 4.69) is 15.9 Å². The van der Waals surface area contributed by atoms with Gasteiger partial charge in [-0.25, -0.2) is 8.42 Å². The smallest absolute Gasteiger partial charge is 0.298 e. The van der Waals surface area contributed by atoms with Gasteiger partial charge in [0.1, 0.15) is 5.75 Å². The number of carbonyl (C=O) groups is 1. The second-order valence-corrected chi connectivity index (χ2v) is 15.1. The van der Waals surface area contributed by atoms with Crippen LogP contribution in [0.4, 0.5) is 8.78 Å². The van der Waals surface area contributed by atoms with E-state index in [9.17, 15) is 13.2 Å². The van der Waals surface area contributed by atoms with Crippen LogP contribution in [0.5, 0.6) is 5.75 Å². The van der Waals surface area contributed by atoms with E-state index in [1.165, 1.54) is 48.2 Å². The summed E-state index contributed by atoms with van der Waals surface area (Å²) < 4.78 is 69.2. The molecule has 236 valence electrons. The number of halogens is 3. The van der Waals surface area contributed by atoms with E-state index in [0.29, 0.717) is 45.6 Å². The van der Waals surface area contributed by atoms with Crippen LogP contribution in [0.15, 0.2) is 70.0 Å². The SMILES string of the molecule is CCN([C@H](C(=O)N1C2CCC1CC(N)C2)C(F)(F)c1ccc(Br)cc1)S(=O)(=O)c1ccc2cc(OC3CCCC3)ccc2c1. The molecule has 0 radical (unpaired) electrons. The quantitative estimate of drug-likeness (QED) is 0.274. The fraction of sp³-hybridized carbons (Fsp3) is 0.485. The molecular formula is C33H38BrF2N3O4S. The van der Waals surface area contributed by atoms with Gasteiger partial charge in [-0.05, 0) is 98.5 Å². The fourth-order valence-corrected chi connectivity index (χ4v) is 9.16. The Morgan fingerprint density at radius 3 is 2.25 bits per heavy atom. The Morgan fingerprint density at radius 1 is 1.00 bits per heavy atom. The van der Waals surface area contributed by atoms with Gasteiger partial charge in [-0.1, -0.05) is 47.1 Å². The summed E-state index contributed by atoms with van der Waals surface area (Å²) in [6.45, 7) is 1.17. The zero-order valence-corrected chi connectivity index (χ0v) is 27.1. The first kappa shape index (κ1) is 31.4. The summed E-state index contributed by atoms with van der Waals surface area (Å²) in [5, 5.41) is 1.41. The number of piperidine rings is 1. The van der Waals surface area contributed by atoms with Crippen molar-refractivity contribution >= 4 is 42.6 Å². The number of ether oxygens (including phenoxy) is 1. The van der Waals surface area contributed by atoms with Gasteiger partial charge in [0.15, 0.2) is 6.04 Å². The van der Waals surface area contributed by atoms with Gasteiger partial charge in [-0.2, -0.15) is 13.1 Å². The molecule has 1 amide bonds. The third-order valence-corrected chi connectivity index (χ3v) is 11.9. The maximum Gasteiger partial charge on any atom is 0.298 e. The van der Waals surface area contributed by atoms with Crippen LogP contribution in [0.1, 0.15) is 63.9 Å². The van der Waals surface area contributed by atoms with Crippen LogP contribution in [0.3, 0.4) is 0 Å². The van der Waals surface area contributed by atoms with Gasteiger partial charge < -0.3 is 15.4 Å². The summed E-state index contributed by atoms with van der Waals surface area (Å²) in [7, 11) is -4.54. The predicted molar refractivity (Wildman–Crippen MR) is 169 cm³/mol. The van der Waals surface area contributed by atoms with Crippen molar-refractivity contribution in [3.05, 3.63) is 70.7 Å². The topological polar surface area (TPSA) is 92.9 Å². The van der Waals surface area contributed by atoms with Crippen LogP contribution in [0, 0.1) is 0 Å². The molecule has 3 aliphatic rings. The highest BCUT2D eigenvalue weighted by Crippen LogP contribution is 2.43. The molecule has 2 heterocycles. The number of fused-ring (bicyclic) bond motifs is 3. The number of nitrogens with two attached hydrogens (primary N) is 1. The highest BCUT2D eigenvalue weighted by atomic mass is 79.9. The number of hydrogen-bond acceptors (Lipinski definition) is 5. The molecule has 2 aliphatic heterocycles. The molecule has 6 rings (SSSR count). The van der Waals surface area contributed by atoms with Crippen molar-refractivity contribution < 1.29 is 26.7 Å². The summed E-state index contributed by atoms with van der Waals surface area (Å²) in [6.07, 6.45) is 6.83. The van der Waals surface area contributed by atoms with Crippen molar-refractivity contribution in [2.24, 2.45) is 5.73 Å². The highest BCUT2D eigenvalue weighted by Gasteiger charge is 2.56. The molecule has 3 fully saturated rings. The number of rotatable bonds is 9. The Balaban J connectivity index is 1.38. The summed E-state index contributed by atoms with van der Waals surface area (Å²) >= 11 is 3.27. The minimum absolute atomic E-state index is 0.116. The zero-order chi connectivity index (χ0) is 31.2. The molecule has 1 saturated carbocycles. The molecule has 3 atom stereocenters. The van der Waals surface area contributed by atoms with Crippen LogP contribution in [0.25, 0.3) is 10.8 Å². The normalized spacial score (nSPS) is 23.4. The lowest BCUT2D eigenvalue weighted by atomic mass is 9.94. The van der Waals surface area contributed by atoms with Crippen LogP contribution in [-0.2, 0) is 20.7 Å². The van der Waals surface area contributed by atoms with Crippen LogP contribution >= 0.6 is 15.9 Å². The average Bonchev–Trinajstić information content (AvgIpc) is 3.60. The number of nitrogens with zero attached hydrogens (tertiary/aromatic N) is 2. The Labute approximate surface area is 265 Å². The van der Waals surface area contributed by atoms with E-state index in [4.69, 9.17) is 10.5 Å². The summed E-state index contributed by atoms with van der Waals surface area (Å²) in [5.74, 6) is -3.98. The summed E-state index contributed by atoms with van der Waals surface area (Å²) in [5.41, 5.74) is 5.78. The number of carbonyl (C=O) groups excluding carboxylic acids is 1. The first-order valence-electron chi connectivity index (χ1n) is 15.4. The van der Waals surface area contributed by atoms with Crippen molar-refractivity contribution in [1.29, 1.82) is 0 Å². The third-order valence-electron chi connectivity index (χ3n) is 9.42. The van der Waals surface area contributed by atoms with Gasteiger partial charge in [0.2, 0.25) is 15.9 Å². The van der Waals surface area contributed by atoms with Gasteiger partial charge in [0.25, 0.3) is 5.92 Å². The number of alkyl halides is 2. The first-order chi connectivity index (χ1) is 21.0. The molecule has 44 heavy (non-hydrogen) atoms. The maximum absolute atomic E-state index is 16.6. The van der Waals surface area contributed by atoms with E-state index < -0.39 is 33.5 Å². The number of amides is 1. The Bertz CT molecular complexity index is 1620. The van der Waals surface area contributed by atoms with Gasteiger partial charge >= 0.3 is 0 Å². The molecule has 2 saturated heterocycles. The minimum Gasteiger partial charge on any atom is -0.490 e. The number of likely N-dealkylation sites (N-methyl/N-ethyl adjacent to an activating group) is 1. The second-order valence-electron chi connectivity index (χ2n) is 12.3. The third kappa shape index (κ3) is 5.88. The molecule has 2 unspecified atom stereocenters. The lowest BCUT2D eigenvalue weighted by Gasteiger charge is -2.43. The monoisotopic (exact) mass is 689 g/mol. The highest BCUT2D eigenvalue weighted by molar-refractivity contribution is 9.10. The fourth-order valence-electron chi connectivity index (χ4n) is 7.27. The molecule has 7 nitrogen and oxygen atoms in total. The lowest BCUT2D eigenvalue weighted by molar-refractivity contribution is -0.155. The second kappa shape index (κ2) is 12.3. The van der Waals surface area contributed by atoms with E-state index >= 15 is 8.78 Å². The Kier molecular flexibility index (Phi) is 8.78. The van der Waals surface area contributed by atoms with E-state index in [1.807, 2.05) is 6.07 Å². The largest absolute Gasteiger partial charge is 0.490 e. The van der Waals surface area contributed by atoms with Crippen LogP contribution < -0.4 is 10.5 Å². The molecule has 2 bridgehead atoms. The molecule has 3 aromatic carbocycles. The van der Waals surface area contributed by atoms with Crippen molar-refractivity contribution in [2.75, 3.05) is 6.54 Å². The van der Waals surface area contributed by atoms with Crippen molar-refractivity contribution in [2.45, 2.75) is 99.4 Å². The molecule has 3 aromatic rings. The van der Waals surface area contributed by atoms with Gasteiger partial charge in [-0.3, -0.25) is 4.79 Å². The summed E-state index contributed by atoms with van der Waals surface area (Å²) in [4.78, 5) is 15.7. The van der Waals surface area contributed by atoms with Crippen molar-refractivity contribution in [3.63, 3.8) is 0 Å². The summed E-state index contributed by atoms with van der Waals surface area (Å²) in [6, 6.07) is 12.4. The van der Waals surface area contributed by atoms with Gasteiger partial charge in [-0.15, -0.1) is 0 Å². The van der Waals surface area contributed by atoms with Gasteiger partial charge in [0, 0.05) is 34.7 Å². The van der Waals surface area contributed by atoms with E-state index in [1.54, 1.807) is 18.2 Å². The van der Waals surface area contributed by atoms with E-state index in [0.717, 1.165) is 31.1 Å². The minimum atomic E-state index is -4.54. The first-order valence-corrected chi connectivity index (χ1v) is 17.7. The molecule has 2 N–H and O–H groups in total. The molecule has 0 aromatic heterocycles. The van der Waals surface area contributed by atoms with Crippen LogP contribution in [-0.4, -0.2) is 60.3 Å². The number of hydrogen-bond donors (Lipinski definition) is 1. The lowest BCUT2D eigenvalue weighted by Crippen LogP contribution is -2.61. The standard InChI is InChI=1S/C33H38BrF2N3O4S/c1-2-38(44(41,42)30-16-8-21-17-29(15-7-22(21)18-30)43-28-5-3-4-6-28)31(33(35,36)23-9-11-24(34)12-10-23)32(40)39-26-13-14-27(39)20-25(37)19-26/h7-12,15-18,25-28,31H,2-6,13-14,19-20,37H2,1H3/t25?,26?,27?,31-/m1/s1. The molecule has 1 aliphatic carbocycles.